The zero-order chi connectivity index (χ0) is 11.4. The summed E-state index contributed by atoms with van der Waals surface area (Å²) in [5.74, 6) is 0.0844. The number of hydrogen-bond donors (Lipinski definition) is 1. The van der Waals surface area contributed by atoms with Gasteiger partial charge in [0.05, 0.1) is 5.51 Å². The number of nitrogens with one attached hydrogen (secondary N) is 1. The second-order valence-corrected chi connectivity index (χ2v) is 4.80. The summed E-state index contributed by atoms with van der Waals surface area (Å²) in [5, 5.41) is 4.98. The van der Waals surface area contributed by atoms with Crippen molar-refractivity contribution in [2.75, 3.05) is 20.1 Å². The average molecular weight is 239 g/mol. The molecule has 1 saturated heterocycles. The molecule has 1 amide bonds. The fourth-order valence-corrected chi connectivity index (χ4v) is 2.71. The topological polar surface area (TPSA) is 45.2 Å². The van der Waals surface area contributed by atoms with Gasteiger partial charge < -0.3 is 10.2 Å². The Hall–Kier alpha value is -0.940. The highest BCUT2D eigenvalue weighted by atomic mass is 32.1. The Kier molecular flexibility index (Phi) is 3.90. The molecule has 2 heterocycles. The average Bonchev–Trinajstić information content (AvgIpc) is 2.83. The number of piperidine rings is 1. The largest absolute Gasteiger partial charge is 0.333 e. The number of likely N-dealkylation sites (N-methyl/N-ethyl adjacent to an activating group) is 1. The molecule has 1 N–H and O–H groups in total. The molecule has 0 bridgehead atoms. The van der Waals surface area contributed by atoms with Crippen molar-refractivity contribution in [1.29, 1.82) is 0 Å². The summed E-state index contributed by atoms with van der Waals surface area (Å²) < 4.78 is 0. The van der Waals surface area contributed by atoms with E-state index in [0.717, 1.165) is 25.9 Å². The Morgan fingerprint density at radius 2 is 2.56 bits per heavy atom. The van der Waals surface area contributed by atoms with E-state index >= 15 is 0 Å². The van der Waals surface area contributed by atoms with E-state index in [1.165, 1.54) is 17.8 Å². The number of hydrogen-bond acceptors (Lipinski definition) is 4. The SMILES string of the molecule is CNCC1CCCCN1C(=O)c1cscn1. The number of aromatic nitrogens is 1. The lowest BCUT2D eigenvalue weighted by atomic mass is 10.0. The number of carbonyl (C=O) groups is 1. The lowest BCUT2D eigenvalue weighted by Crippen LogP contribution is -2.48. The van der Waals surface area contributed by atoms with Crippen molar-refractivity contribution in [3.8, 4) is 0 Å². The fraction of sp³-hybridized carbons (Fsp3) is 0.636. The molecule has 1 aliphatic heterocycles. The molecular weight excluding hydrogens is 222 g/mol. The van der Waals surface area contributed by atoms with Crippen LogP contribution in [0.1, 0.15) is 29.8 Å². The van der Waals surface area contributed by atoms with Gasteiger partial charge in [0.15, 0.2) is 0 Å². The molecule has 1 aliphatic rings. The van der Waals surface area contributed by atoms with E-state index < -0.39 is 0 Å². The number of carbonyl (C=O) groups excluding carboxylic acids is 1. The minimum Gasteiger partial charge on any atom is -0.333 e. The monoisotopic (exact) mass is 239 g/mol. The number of amides is 1. The van der Waals surface area contributed by atoms with Crippen molar-refractivity contribution in [2.45, 2.75) is 25.3 Å². The lowest BCUT2D eigenvalue weighted by molar-refractivity contribution is 0.0610. The smallest absolute Gasteiger partial charge is 0.273 e. The van der Waals surface area contributed by atoms with Crippen molar-refractivity contribution < 1.29 is 4.79 Å². The van der Waals surface area contributed by atoms with Crippen LogP contribution >= 0.6 is 11.3 Å². The molecule has 0 saturated carbocycles. The second kappa shape index (κ2) is 5.41. The van der Waals surface area contributed by atoms with Crippen molar-refractivity contribution >= 4 is 17.2 Å². The Labute approximate surface area is 99.7 Å². The second-order valence-electron chi connectivity index (χ2n) is 4.08. The molecule has 4 nitrogen and oxygen atoms in total. The molecule has 2 rings (SSSR count). The first-order chi connectivity index (χ1) is 7.83. The van der Waals surface area contributed by atoms with Gasteiger partial charge in [-0.05, 0) is 26.3 Å². The van der Waals surface area contributed by atoms with Crippen LogP contribution in [0.3, 0.4) is 0 Å². The maximum absolute atomic E-state index is 12.2. The summed E-state index contributed by atoms with van der Waals surface area (Å²) in [6.45, 7) is 1.73. The lowest BCUT2D eigenvalue weighted by Gasteiger charge is -2.35. The number of rotatable bonds is 3. The minimum absolute atomic E-state index is 0.0844. The third-order valence-electron chi connectivity index (χ3n) is 2.98. The highest BCUT2D eigenvalue weighted by molar-refractivity contribution is 7.07. The van der Waals surface area contributed by atoms with Crippen LogP contribution in [0, 0.1) is 0 Å². The Morgan fingerprint density at radius 3 is 3.25 bits per heavy atom. The first-order valence-electron chi connectivity index (χ1n) is 5.66. The molecule has 1 aromatic rings. The molecule has 88 valence electrons. The van der Waals surface area contributed by atoms with Gasteiger partial charge in [0, 0.05) is 24.5 Å². The summed E-state index contributed by atoms with van der Waals surface area (Å²) in [4.78, 5) is 18.2. The van der Waals surface area contributed by atoms with Gasteiger partial charge in [0.2, 0.25) is 0 Å². The normalized spacial score (nSPS) is 21.1. The van der Waals surface area contributed by atoms with Crippen LogP contribution in [0.4, 0.5) is 0 Å². The van der Waals surface area contributed by atoms with Crippen LogP contribution in [0.5, 0.6) is 0 Å². The van der Waals surface area contributed by atoms with E-state index in [9.17, 15) is 4.79 Å². The zero-order valence-corrected chi connectivity index (χ0v) is 10.3. The van der Waals surface area contributed by atoms with Crippen LogP contribution < -0.4 is 5.32 Å². The van der Waals surface area contributed by atoms with Crippen LogP contribution in [0.25, 0.3) is 0 Å². The minimum atomic E-state index is 0.0844. The summed E-state index contributed by atoms with van der Waals surface area (Å²) in [6, 6.07) is 0.327. The van der Waals surface area contributed by atoms with Gasteiger partial charge >= 0.3 is 0 Å². The van der Waals surface area contributed by atoms with Crippen molar-refractivity contribution in [3.63, 3.8) is 0 Å². The van der Waals surface area contributed by atoms with Crippen molar-refractivity contribution in [2.24, 2.45) is 0 Å². The summed E-state index contributed by atoms with van der Waals surface area (Å²) in [5.41, 5.74) is 2.30. The van der Waals surface area contributed by atoms with Gasteiger partial charge in [-0.3, -0.25) is 4.79 Å². The molecule has 16 heavy (non-hydrogen) atoms. The summed E-state index contributed by atoms with van der Waals surface area (Å²) in [6.07, 6.45) is 3.42. The Bertz CT molecular complexity index is 337. The van der Waals surface area contributed by atoms with Crippen LogP contribution in [-0.4, -0.2) is 42.0 Å². The number of nitrogens with zero attached hydrogens (tertiary/aromatic N) is 2. The van der Waals surface area contributed by atoms with E-state index in [4.69, 9.17) is 0 Å². The number of thiazole rings is 1. The number of likely N-dealkylation sites (tertiary alicyclic amines) is 1. The molecule has 1 fully saturated rings. The predicted octanol–water partition coefficient (Wildman–Crippen LogP) is 1.36. The van der Waals surface area contributed by atoms with E-state index in [2.05, 4.69) is 10.3 Å². The van der Waals surface area contributed by atoms with E-state index in [1.54, 1.807) is 5.51 Å². The molecule has 0 spiro atoms. The van der Waals surface area contributed by atoms with Gasteiger partial charge in [0.25, 0.3) is 5.91 Å². The summed E-state index contributed by atoms with van der Waals surface area (Å²) >= 11 is 1.47. The Balaban J connectivity index is 2.08. The molecule has 0 aromatic carbocycles. The van der Waals surface area contributed by atoms with E-state index in [0.29, 0.717) is 11.7 Å². The molecule has 5 heteroatoms. The highest BCUT2D eigenvalue weighted by Gasteiger charge is 2.27. The third kappa shape index (κ3) is 2.41. The highest BCUT2D eigenvalue weighted by Crippen LogP contribution is 2.19. The van der Waals surface area contributed by atoms with Crippen LogP contribution in [0.2, 0.25) is 0 Å². The summed E-state index contributed by atoms with van der Waals surface area (Å²) in [7, 11) is 1.93. The quantitative estimate of drug-likeness (QED) is 0.866. The van der Waals surface area contributed by atoms with Gasteiger partial charge in [-0.1, -0.05) is 0 Å². The molecule has 1 unspecified atom stereocenters. The van der Waals surface area contributed by atoms with Crippen molar-refractivity contribution in [1.82, 2.24) is 15.2 Å². The molecule has 0 aliphatic carbocycles. The zero-order valence-electron chi connectivity index (χ0n) is 9.48. The third-order valence-corrected chi connectivity index (χ3v) is 3.57. The van der Waals surface area contributed by atoms with Crippen molar-refractivity contribution in [3.05, 3.63) is 16.6 Å². The Morgan fingerprint density at radius 1 is 1.69 bits per heavy atom. The fourth-order valence-electron chi connectivity index (χ4n) is 2.18. The molecular formula is C11H17N3OS. The predicted molar refractivity (Wildman–Crippen MR) is 64.7 cm³/mol. The van der Waals surface area contributed by atoms with Gasteiger partial charge in [0.1, 0.15) is 5.69 Å². The maximum Gasteiger partial charge on any atom is 0.273 e. The van der Waals surface area contributed by atoms with Gasteiger partial charge in [-0.2, -0.15) is 0 Å². The molecule has 1 atom stereocenters. The first kappa shape index (κ1) is 11.5. The first-order valence-corrected chi connectivity index (χ1v) is 6.61. The van der Waals surface area contributed by atoms with E-state index in [1.807, 2.05) is 17.3 Å². The van der Waals surface area contributed by atoms with Gasteiger partial charge in [-0.25, -0.2) is 4.98 Å². The van der Waals surface area contributed by atoms with Crippen LogP contribution in [-0.2, 0) is 0 Å². The molecule has 1 aromatic heterocycles. The maximum atomic E-state index is 12.2. The molecule has 0 radical (unpaired) electrons. The van der Waals surface area contributed by atoms with Crippen LogP contribution in [0.15, 0.2) is 10.9 Å². The van der Waals surface area contributed by atoms with Gasteiger partial charge in [-0.15, -0.1) is 11.3 Å². The standard InChI is InChI=1S/C11H17N3OS/c1-12-6-9-4-2-3-5-14(9)11(15)10-7-16-8-13-10/h7-9,12H,2-6H2,1H3. The van der Waals surface area contributed by atoms with E-state index in [-0.39, 0.29) is 5.91 Å².